The van der Waals surface area contributed by atoms with Crippen molar-refractivity contribution >= 4 is 23.5 Å². The van der Waals surface area contributed by atoms with Crippen LogP contribution in [-0.2, 0) is 14.4 Å². The summed E-state index contributed by atoms with van der Waals surface area (Å²) in [5, 5.41) is 0.794. The molecule has 84 valence electrons. The Bertz CT molecular complexity index is 350. The minimum Gasteiger partial charge on any atom is -0.425 e. The van der Waals surface area contributed by atoms with Crippen molar-refractivity contribution in [3.05, 3.63) is 29.8 Å². The first-order valence-corrected chi connectivity index (χ1v) is 7.75. The minimum atomic E-state index is -2.95. The van der Waals surface area contributed by atoms with Crippen molar-refractivity contribution in [1.29, 1.82) is 0 Å². The number of benzene rings is 1. The molecule has 0 amide bonds. The molecule has 1 aromatic carbocycles. The summed E-state index contributed by atoms with van der Waals surface area (Å²) in [6.07, 6.45) is 0. The van der Waals surface area contributed by atoms with Gasteiger partial charge in [0.2, 0.25) is 0 Å². The van der Waals surface area contributed by atoms with Gasteiger partial charge in [0, 0.05) is 12.0 Å². The van der Waals surface area contributed by atoms with Crippen LogP contribution < -0.4 is 4.52 Å². The van der Waals surface area contributed by atoms with E-state index in [0.717, 1.165) is 10.9 Å². The maximum absolute atomic E-state index is 11.7. The van der Waals surface area contributed by atoms with E-state index in [-0.39, 0.29) is 0 Å². The summed E-state index contributed by atoms with van der Waals surface area (Å²) in [5.74, 6) is 0.569. The monoisotopic (exact) mass is 292 g/mol. The first-order valence-electron chi connectivity index (χ1n) is 4.64. The Balaban J connectivity index is 2.68. The summed E-state index contributed by atoms with van der Waals surface area (Å²) in [6.45, 7) is 3.63. The molecule has 5 heteroatoms. The molecule has 1 rings (SSSR count). The standard InChI is InChI=1S/C10H14BrO3P/c1-3-13-15(2,12)14-10-6-4-9(8-11)5-7-10/h4-7H,3,8H2,1-2H3. The molecule has 0 bridgehead atoms. The van der Waals surface area contributed by atoms with E-state index in [9.17, 15) is 4.57 Å². The van der Waals surface area contributed by atoms with E-state index in [2.05, 4.69) is 15.9 Å². The molecule has 0 spiro atoms. The maximum atomic E-state index is 11.7. The zero-order valence-electron chi connectivity index (χ0n) is 8.77. The van der Waals surface area contributed by atoms with Gasteiger partial charge in [-0.1, -0.05) is 28.1 Å². The Morgan fingerprint density at radius 1 is 1.33 bits per heavy atom. The molecule has 0 aromatic heterocycles. The fraction of sp³-hybridized carbons (Fsp3) is 0.400. The summed E-state index contributed by atoms with van der Waals surface area (Å²) < 4.78 is 22.0. The van der Waals surface area contributed by atoms with Gasteiger partial charge in [0.25, 0.3) is 0 Å². The largest absolute Gasteiger partial charge is 0.425 e. The van der Waals surface area contributed by atoms with Crippen LogP contribution in [0.3, 0.4) is 0 Å². The van der Waals surface area contributed by atoms with Crippen LogP contribution in [0.4, 0.5) is 0 Å². The minimum absolute atomic E-state index is 0.382. The van der Waals surface area contributed by atoms with Gasteiger partial charge in [-0.05, 0) is 24.6 Å². The molecule has 1 aromatic rings. The molecule has 0 fully saturated rings. The third kappa shape index (κ3) is 4.37. The SMILES string of the molecule is CCOP(C)(=O)Oc1ccc(CBr)cc1. The second kappa shape index (κ2) is 5.69. The average molecular weight is 293 g/mol. The summed E-state index contributed by atoms with van der Waals surface area (Å²) in [4.78, 5) is 0. The fourth-order valence-corrected chi connectivity index (χ4v) is 2.49. The van der Waals surface area contributed by atoms with Crippen molar-refractivity contribution in [2.75, 3.05) is 13.3 Å². The molecule has 0 aliphatic rings. The third-order valence-electron chi connectivity index (χ3n) is 1.71. The van der Waals surface area contributed by atoms with E-state index in [1.165, 1.54) is 6.66 Å². The third-order valence-corrected chi connectivity index (χ3v) is 3.63. The van der Waals surface area contributed by atoms with Gasteiger partial charge in [-0.3, -0.25) is 0 Å². The van der Waals surface area contributed by atoms with E-state index in [1.54, 1.807) is 19.1 Å². The topological polar surface area (TPSA) is 35.5 Å². The molecule has 15 heavy (non-hydrogen) atoms. The summed E-state index contributed by atoms with van der Waals surface area (Å²) in [7, 11) is -2.95. The molecule has 0 aliphatic heterocycles. The van der Waals surface area contributed by atoms with E-state index >= 15 is 0 Å². The van der Waals surface area contributed by atoms with Crippen molar-refractivity contribution in [2.45, 2.75) is 12.3 Å². The molecule has 0 saturated heterocycles. The van der Waals surface area contributed by atoms with Crippen molar-refractivity contribution in [1.82, 2.24) is 0 Å². The molecule has 0 heterocycles. The van der Waals surface area contributed by atoms with Crippen LogP contribution in [0.5, 0.6) is 5.75 Å². The Labute approximate surface area is 98.4 Å². The molecule has 0 N–H and O–H groups in total. The van der Waals surface area contributed by atoms with Crippen LogP contribution in [0.15, 0.2) is 24.3 Å². The lowest BCUT2D eigenvalue weighted by Crippen LogP contribution is -1.96. The molecule has 0 aliphatic carbocycles. The molecule has 1 atom stereocenters. The zero-order valence-corrected chi connectivity index (χ0v) is 11.3. The molecule has 0 saturated carbocycles. The summed E-state index contributed by atoms with van der Waals surface area (Å²) in [6, 6.07) is 7.39. The Kier molecular flexibility index (Phi) is 4.84. The van der Waals surface area contributed by atoms with Gasteiger partial charge in [-0.15, -0.1) is 0 Å². The molecule has 3 nitrogen and oxygen atoms in total. The predicted octanol–water partition coefficient (Wildman–Crippen LogP) is 3.82. The lowest BCUT2D eigenvalue weighted by Gasteiger charge is -2.14. The van der Waals surface area contributed by atoms with Crippen LogP contribution in [-0.4, -0.2) is 13.3 Å². The average Bonchev–Trinajstić information content (AvgIpc) is 2.18. The first kappa shape index (κ1) is 12.8. The fourth-order valence-electron chi connectivity index (χ4n) is 1.09. The van der Waals surface area contributed by atoms with Gasteiger partial charge >= 0.3 is 7.60 Å². The number of halogens is 1. The number of hydrogen-bond acceptors (Lipinski definition) is 3. The maximum Gasteiger partial charge on any atom is 0.376 e. The second-order valence-corrected chi connectivity index (χ2v) is 5.60. The molecular weight excluding hydrogens is 279 g/mol. The Morgan fingerprint density at radius 3 is 2.40 bits per heavy atom. The summed E-state index contributed by atoms with van der Waals surface area (Å²) >= 11 is 3.35. The van der Waals surface area contributed by atoms with Crippen molar-refractivity contribution < 1.29 is 13.6 Å². The van der Waals surface area contributed by atoms with E-state index in [0.29, 0.717) is 12.4 Å². The predicted molar refractivity (Wildman–Crippen MR) is 64.9 cm³/mol. The van der Waals surface area contributed by atoms with Crippen LogP contribution >= 0.6 is 23.5 Å². The number of hydrogen-bond donors (Lipinski definition) is 0. The highest BCUT2D eigenvalue weighted by molar-refractivity contribution is 9.08. The smallest absolute Gasteiger partial charge is 0.376 e. The van der Waals surface area contributed by atoms with Crippen LogP contribution in [0.2, 0.25) is 0 Å². The molecular formula is C10H14BrO3P. The quantitative estimate of drug-likeness (QED) is 0.611. The van der Waals surface area contributed by atoms with Gasteiger partial charge in [-0.2, -0.15) is 0 Å². The van der Waals surface area contributed by atoms with Crippen LogP contribution in [0, 0.1) is 0 Å². The van der Waals surface area contributed by atoms with Crippen LogP contribution in [0.1, 0.15) is 12.5 Å². The Hall–Kier alpha value is -0.310. The second-order valence-electron chi connectivity index (χ2n) is 3.06. The van der Waals surface area contributed by atoms with Gasteiger partial charge < -0.3 is 9.05 Å². The Morgan fingerprint density at radius 2 is 1.93 bits per heavy atom. The van der Waals surface area contributed by atoms with Crippen molar-refractivity contribution in [3.63, 3.8) is 0 Å². The van der Waals surface area contributed by atoms with E-state index < -0.39 is 7.60 Å². The normalized spacial score (nSPS) is 14.6. The number of alkyl halides is 1. The van der Waals surface area contributed by atoms with Crippen molar-refractivity contribution in [3.8, 4) is 5.75 Å². The van der Waals surface area contributed by atoms with Gasteiger partial charge in [0.15, 0.2) is 0 Å². The van der Waals surface area contributed by atoms with E-state index in [4.69, 9.17) is 9.05 Å². The van der Waals surface area contributed by atoms with Gasteiger partial charge in [0.1, 0.15) is 5.75 Å². The lowest BCUT2D eigenvalue weighted by atomic mass is 10.2. The highest BCUT2D eigenvalue weighted by Gasteiger charge is 2.17. The number of rotatable bonds is 5. The lowest BCUT2D eigenvalue weighted by molar-refractivity contribution is 0.284. The van der Waals surface area contributed by atoms with Gasteiger partial charge in [0.05, 0.1) is 6.61 Å². The molecule has 0 radical (unpaired) electrons. The van der Waals surface area contributed by atoms with Gasteiger partial charge in [-0.25, -0.2) is 4.57 Å². The first-order chi connectivity index (χ1) is 7.07. The zero-order chi connectivity index (χ0) is 11.3. The van der Waals surface area contributed by atoms with Crippen molar-refractivity contribution in [2.24, 2.45) is 0 Å². The molecule has 1 unspecified atom stereocenters. The summed E-state index contributed by atoms with van der Waals surface area (Å²) in [5.41, 5.74) is 1.14. The van der Waals surface area contributed by atoms with Crippen LogP contribution in [0.25, 0.3) is 0 Å². The highest BCUT2D eigenvalue weighted by Crippen LogP contribution is 2.44. The highest BCUT2D eigenvalue weighted by atomic mass is 79.9. The van der Waals surface area contributed by atoms with E-state index in [1.807, 2.05) is 12.1 Å².